The molecule has 0 bridgehead atoms. The molecule has 1 N–H and O–H groups in total. The fourth-order valence-electron chi connectivity index (χ4n) is 3.81. The zero-order valence-corrected chi connectivity index (χ0v) is 19.7. The predicted molar refractivity (Wildman–Crippen MR) is 121 cm³/mol. The van der Waals surface area contributed by atoms with Crippen LogP contribution in [-0.2, 0) is 11.3 Å². The molecule has 2 saturated heterocycles. The monoisotopic (exact) mass is 506 g/mol. The van der Waals surface area contributed by atoms with Crippen LogP contribution in [0.25, 0.3) is 0 Å². The van der Waals surface area contributed by atoms with Crippen LogP contribution in [0.5, 0.6) is 0 Å². The summed E-state index contributed by atoms with van der Waals surface area (Å²) in [6.07, 6.45) is 1.64. The van der Waals surface area contributed by atoms with Gasteiger partial charge in [0.25, 0.3) is 0 Å². The number of ether oxygens (including phenoxy) is 1. The molecule has 9 heteroatoms. The summed E-state index contributed by atoms with van der Waals surface area (Å²) in [5, 5.41) is 7.48. The summed E-state index contributed by atoms with van der Waals surface area (Å²) in [4.78, 5) is 12.2. The van der Waals surface area contributed by atoms with Crippen LogP contribution in [-0.4, -0.2) is 96.9 Å². The molecule has 0 radical (unpaired) electrons. The lowest BCUT2D eigenvalue weighted by atomic mass is 10.2. The largest absolute Gasteiger partial charge is 0.379 e. The van der Waals surface area contributed by atoms with E-state index in [2.05, 4.69) is 45.9 Å². The van der Waals surface area contributed by atoms with Crippen molar-refractivity contribution in [3.05, 3.63) is 18.0 Å². The number of rotatable bonds is 6. The summed E-state index contributed by atoms with van der Waals surface area (Å²) >= 11 is 0. The number of nitrogens with one attached hydrogen (secondary N) is 1. The normalized spacial score (nSPS) is 23.3. The third-order valence-electron chi connectivity index (χ3n) is 5.37. The van der Waals surface area contributed by atoms with E-state index in [1.54, 1.807) is 6.26 Å². The first-order valence-corrected chi connectivity index (χ1v) is 10.2. The Kier molecular flexibility index (Phi) is 9.96. The minimum atomic E-state index is 0. The van der Waals surface area contributed by atoms with E-state index in [9.17, 15) is 0 Å². The van der Waals surface area contributed by atoms with Crippen LogP contribution in [0.15, 0.2) is 21.8 Å². The Labute approximate surface area is 185 Å². The van der Waals surface area contributed by atoms with Crippen molar-refractivity contribution >= 4 is 29.9 Å². The smallest absolute Gasteiger partial charge is 0.194 e. The molecule has 3 heterocycles. The first kappa shape index (κ1) is 23.4. The van der Waals surface area contributed by atoms with Crippen molar-refractivity contribution in [2.45, 2.75) is 39.4 Å². The van der Waals surface area contributed by atoms with E-state index in [1.807, 2.05) is 6.07 Å². The molecule has 2 aliphatic heterocycles. The highest BCUT2D eigenvalue weighted by molar-refractivity contribution is 14.0. The Hall–Kier alpha value is -0.910. The highest BCUT2D eigenvalue weighted by Crippen LogP contribution is 2.12. The lowest BCUT2D eigenvalue weighted by molar-refractivity contribution is -0.0166. The quantitative estimate of drug-likeness (QED) is 0.356. The molecular weight excluding hydrogens is 471 g/mol. The summed E-state index contributed by atoms with van der Waals surface area (Å²) in [6, 6.07) is 2.82. The maximum atomic E-state index is 5.56. The molecule has 2 aliphatic rings. The van der Waals surface area contributed by atoms with Crippen molar-refractivity contribution in [3.8, 4) is 0 Å². The molecule has 1 aromatic heterocycles. The molecule has 0 amide bonds. The van der Waals surface area contributed by atoms with Gasteiger partial charge in [-0.05, 0) is 20.8 Å². The minimum Gasteiger partial charge on any atom is -0.379 e. The van der Waals surface area contributed by atoms with E-state index in [-0.39, 0.29) is 24.0 Å². The first-order chi connectivity index (χ1) is 13.2. The molecule has 0 saturated carbocycles. The molecule has 2 unspecified atom stereocenters. The van der Waals surface area contributed by atoms with Gasteiger partial charge in [0.05, 0.1) is 25.5 Å². The van der Waals surface area contributed by atoms with Crippen molar-refractivity contribution in [1.82, 2.24) is 25.2 Å². The molecule has 0 aromatic carbocycles. The van der Waals surface area contributed by atoms with Gasteiger partial charge in [0.1, 0.15) is 6.26 Å². The molecule has 28 heavy (non-hydrogen) atoms. The maximum Gasteiger partial charge on any atom is 0.194 e. The van der Waals surface area contributed by atoms with E-state index < -0.39 is 0 Å². The van der Waals surface area contributed by atoms with Crippen molar-refractivity contribution in [2.24, 2.45) is 4.99 Å². The number of piperazine rings is 1. The highest BCUT2D eigenvalue weighted by Gasteiger charge is 2.24. The topological polar surface area (TPSA) is 69.4 Å². The van der Waals surface area contributed by atoms with E-state index in [0.717, 1.165) is 77.2 Å². The summed E-state index contributed by atoms with van der Waals surface area (Å²) in [5.41, 5.74) is 0.998. The number of nitrogens with zero attached hydrogens (tertiary/aromatic N) is 5. The molecule has 8 nitrogen and oxygen atoms in total. The fraction of sp³-hybridized carbons (Fsp3) is 0.789. The molecule has 2 fully saturated rings. The number of hydrogen-bond donors (Lipinski definition) is 1. The second kappa shape index (κ2) is 11.9. The highest BCUT2D eigenvalue weighted by atomic mass is 127. The predicted octanol–water partition coefficient (Wildman–Crippen LogP) is 1.48. The Morgan fingerprint density at radius 2 is 2.11 bits per heavy atom. The van der Waals surface area contributed by atoms with Crippen LogP contribution in [0, 0.1) is 0 Å². The third-order valence-corrected chi connectivity index (χ3v) is 5.37. The van der Waals surface area contributed by atoms with Gasteiger partial charge in [-0.15, -0.1) is 24.0 Å². The van der Waals surface area contributed by atoms with Crippen LogP contribution in [0.1, 0.15) is 26.5 Å². The summed E-state index contributed by atoms with van der Waals surface area (Å²) in [5.74, 6) is 1.03. The van der Waals surface area contributed by atoms with Crippen LogP contribution in [0.2, 0.25) is 0 Å². The van der Waals surface area contributed by atoms with E-state index in [1.165, 1.54) is 0 Å². The number of guanidine groups is 1. The van der Waals surface area contributed by atoms with Crippen molar-refractivity contribution < 1.29 is 9.26 Å². The lowest BCUT2D eigenvalue weighted by Gasteiger charge is -2.38. The first-order valence-electron chi connectivity index (χ1n) is 10.2. The molecule has 0 spiro atoms. The molecule has 1 aromatic rings. The Morgan fingerprint density at radius 1 is 1.32 bits per heavy atom. The standard InChI is InChI=1S/C19H34N6O2.HI/c1-4-20-19(21-13-16(2)25-10-12-26-15-17(25)3)24-8-6-23(7-9-24)14-18-5-11-27-22-18;/h5,11,16-17H,4,6-10,12-15H2,1-3H3,(H,20,21);1H. The third kappa shape index (κ3) is 6.57. The Balaban J connectivity index is 0.00000280. The van der Waals surface area contributed by atoms with Gasteiger partial charge in [-0.2, -0.15) is 0 Å². The molecule has 3 rings (SSSR count). The van der Waals surface area contributed by atoms with Gasteiger partial charge in [-0.25, -0.2) is 0 Å². The zero-order chi connectivity index (χ0) is 19.1. The number of aliphatic imine (C=N–C) groups is 1. The second-order valence-electron chi connectivity index (χ2n) is 7.46. The number of halogens is 1. The van der Waals surface area contributed by atoms with Gasteiger partial charge in [0, 0.05) is 64.0 Å². The van der Waals surface area contributed by atoms with Gasteiger partial charge in [-0.3, -0.25) is 14.8 Å². The zero-order valence-electron chi connectivity index (χ0n) is 17.3. The van der Waals surface area contributed by atoms with Crippen molar-refractivity contribution in [2.75, 3.05) is 59.0 Å². The van der Waals surface area contributed by atoms with Gasteiger partial charge in [0.2, 0.25) is 0 Å². The summed E-state index contributed by atoms with van der Waals surface area (Å²) in [7, 11) is 0. The van der Waals surface area contributed by atoms with Crippen LogP contribution < -0.4 is 5.32 Å². The minimum absolute atomic E-state index is 0. The van der Waals surface area contributed by atoms with E-state index in [4.69, 9.17) is 14.3 Å². The lowest BCUT2D eigenvalue weighted by Crippen LogP contribution is -2.53. The molecule has 2 atom stereocenters. The summed E-state index contributed by atoms with van der Waals surface area (Å²) < 4.78 is 10.5. The number of hydrogen-bond acceptors (Lipinski definition) is 6. The Morgan fingerprint density at radius 3 is 2.75 bits per heavy atom. The van der Waals surface area contributed by atoms with Crippen molar-refractivity contribution in [1.29, 1.82) is 0 Å². The number of aromatic nitrogens is 1. The van der Waals surface area contributed by atoms with Gasteiger partial charge in [-0.1, -0.05) is 5.16 Å². The van der Waals surface area contributed by atoms with Gasteiger partial charge >= 0.3 is 0 Å². The van der Waals surface area contributed by atoms with E-state index >= 15 is 0 Å². The average Bonchev–Trinajstić information content (AvgIpc) is 3.19. The molecule has 160 valence electrons. The molecular formula is C19H35IN6O2. The molecule has 0 aliphatic carbocycles. The Bertz CT molecular complexity index is 577. The van der Waals surface area contributed by atoms with Crippen LogP contribution >= 0.6 is 24.0 Å². The SMILES string of the molecule is CCNC(=NCC(C)N1CCOCC1C)N1CCN(Cc2ccon2)CC1.I. The summed E-state index contributed by atoms with van der Waals surface area (Å²) in [6.45, 7) is 15.8. The van der Waals surface area contributed by atoms with Gasteiger partial charge in [0.15, 0.2) is 5.96 Å². The van der Waals surface area contributed by atoms with Gasteiger partial charge < -0.3 is 19.5 Å². The maximum absolute atomic E-state index is 5.56. The average molecular weight is 506 g/mol. The second-order valence-corrected chi connectivity index (χ2v) is 7.46. The van der Waals surface area contributed by atoms with Crippen molar-refractivity contribution in [3.63, 3.8) is 0 Å². The van der Waals surface area contributed by atoms with Crippen LogP contribution in [0.4, 0.5) is 0 Å². The van der Waals surface area contributed by atoms with Crippen LogP contribution in [0.3, 0.4) is 0 Å². The fourth-order valence-corrected chi connectivity index (χ4v) is 3.81. The number of morpholine rings is 1. The van der Waals surface area contributed by atoms with E-state index in [0.29, 0.717) is 12.1 Å².